The molecule has 0 aliphatic heterocycles. The Bertz CT molecular complexity index is 589. The SMILES string of the molecule is C=CC(=O)N(C)C(c1ccc(Cl)cc1)c1ccc(Cl)cc1. The van der Waals surface area contributed by atoms with Gasteiger partial charge in [-0.3, -0.25) is 4.79 Å². The molecule has 0 saturated heterocycles. The fourth-order valence-electron chi connectivity index (χ4n) is 2.20. The molecular formula is C17H15Cl2NO. The van der Waals surface area contributed by atoms with Gasteiger partial charge >= 0.3 is 0 Å². The molecule has 0 heterocycles. The molecule has 4 heteroatoms. The van der Waals surface area contributed by atoms with Gasteiger partial charge in [0.05, 0.1) is 6.04 Å². The summed E-state index contributed by atoms with van der Waals surface area (Å²) in [5.41, 5.74) is 1.94. The lowest BCUT2D eigenvalue weighted by Gasteiger charge is -2.28. The van der Waals surface area contributed by atoms with Crippen LogP contribution in [0.15, 0.2) is 61.2 Å². The third-order valence-electron chi connectivity index (χ3n) is 3.28. The summed E-state index contributed by atoms with van der Waals surface area (Å²) in [5, 5.41) is 1.32. The zero-order valence-corrected chi connectivity index (χ0v) is 13.1. The number of amides is 1. The zero-order valence-electron chi connectivity index (χ0n) is 11.6. The summed E-state index contributed by atoms with van der Waals surface area (Å²) >= 11 is 11.9. The third-order valence-corrected chi connectivity index (χ3v) is 3.78. The van der Waals surface area contributed by atoms with Crippen LogP contribution >= 0.6 is 23.2 Å². The lowest BCUT2D eigenvalue weighted by atomic mass is 9.97. The van der Waals surface area contributed by atoms with E-state index in [1.165, 1.54) is 6.08 Å². The monoisotopic (exact) mass is 319 g/mol. The summed E-state index contributed by atoms with van der Waals surface area (Å²) < 4.78 is 0. The van der Waals surface area contributed by atoms with Gasteiger partial charge < -0.3 is 4.90 Å². The van der Waals surface area contributed by atoms with Crippen molar-refractivity contribution in [3.63, 3.8) is 0 Å². The molecule has 0 unspecified atom stereocenters. The first-order valence-electron chi connectivity index (χ1n) is 6.43. The van der Waals surface area contributed by atoms with E-state index in [0.717, 1.165) is 11.1 Å². The van der Waals surface area contributed by atoms with Crippen molar-refractivity contribution >= 4 is 29.1 Å². The molecule has 2 nitrogen and oxygen atoms in total. The number of carbonyl (C=O) groups excluding carboxylic acids is 1. The second-order valence-electron chi connectivity index (χ2n) is 4.66. The summed E-state index contributed by atoms with van der Waals surface area (Å²) in [6.45, 7) is 3.55. The van der Waals surface area contributed by atoms with Crippen molar-refractivity contribution in [2.75, 3.05) is 7.05 Å². The largest absolute Gasteiger partial charge is 0.331 e. The van der Waals surface area contributed by atoms with Crippen LogP contribution in [0.25, 0.3) is 0 Å². The first-order chi connectivity index (χ1) is 10.0. The summed E-state index contributed by atoms with van der Waals surface area (Å²) in [6.07, 6.45) is 1.30. The average molecular weight is 320 g/mol. The molecule has 2 rings (SSSR count). The molecule has 0 aliphatic carbocycles. The van der Waals surface area contributed by atoms with Crippen LogP contribution in [-0.2, 0) is 4.79 Å². The Balaban J connectivity index is 2.48. The molecule has 0 spiro atoms. The van der Waals surface area contributed by atoms with Gasteiger partial charge in [-0.05, 0) is 41.5 Å². The number of nitrogens with zero attached hydrogens (tertiary/aromatic N) is 1. The second-order valence-corrected chi connectivity index (χ2v) is 5.53. The molecule has 2 aromatic rings. The van der Waals surface area contributed by atoms with Gasteiger partial charge in [-0.2, -0.15) is 0 Å². The van der Waals surface area contributed by atoms with Crippen molar-refractivity contribution in [1.29, 1.82) is 0 Å². The van der Waals surface area contributed by atoms with Crippen molar-refractivity contribution in [2.24, 2.45) is 0 Å². The summed E-state index contributed by atoms with van der Waals surface area (Å²) in [4.78, 5) is 13.6. The number of carbonyl (C=O) groups is 1. The van der Waals surface area contributed by atoms with Crippen LogP contribution in [0.4, 0.5) is 0 Å². The molecule has 0 atom stereocenters. The smallest absolute Gasteiger partial charge is 0.246 e. The Hall–Kier alpha value is -1.77. The third kappa shape index (κ3) is 3.66. The minimum atomic E-state index is -0.218. The van der Waals surface area contributed by atoms with Crippen molar-refractivity contribution < 1.29 is 4.79 Å². The first-order valence-corrected chi connectivity index (χ1v) is 7.18. The zero-order chi connectivity index (χ0) is 15.4. The van der Waals surface area contributed by atoms with Crippen LogP contribution in [0.2, 0.25) is 10.0 Å². The predicted molar refractivity (Wildman–Crippen MR) is 87.7 cm³/mol. The Morgan fingerprint density at radius 2 is 1.38 bits per heavy atom. The Labute approximate surface area is 134 Å². The first kappa shape index (κ1) is 15.6. The highest BCUT2D eigenvalue weighted by Crippen LogP contribution is 2.29. The normalized spacial score (nSPS) is 10.5. The Morgan fingerprint density at radius 1 is 1.00 bits per heavy atom. The highest BCUT2D eigenvalue weighted by Gasteiger charge is 2.22. The van der Waals surface area contributed by atoms with Crippen LogP contribution in [0.3, 0.4) is 0 Å². The molecule has 0 aliphatic rings. The van der Waals surface area contributed by atoms with Gasteiger partial charge in [0.2, 0.25) is 5.91 Å². The summed E-state index contributed by atoms with van der Waals surface area (Å²) in [7, 11) is 1.75. The van der Waals surface area contributed by atoms with E-state index < -0.39 is 0 Å². The number of benzene rings is 2. The van der Waals surface area contributed by atoms with Crippen molar-refractivity contribution in [3.05, 3.63) is 82.4 Å². The standard InChI is InChI=1S/C17H15Cl2NO/c1-3-16(21)20(2)17(12-4-8-14(18)9-5-12)13-6-10-15(19)11-7-13/h3-11,17H,1H2,2H3. The van der Waals surface area contributed by atoms with Gasteiger partial charge in [0, 0.05) is 17.1 Å². The number of rotatable bonds is 4. The van der Waals surface area contributed by atoms with E-state index in [-0.39, 0.29) is 11.9 Å². The van der Waals surface area contributed by atoms with Crippen LogP contribution < -0.4 is 0 Å². The molecule has 0 bridgehead atoms. The van der Waals surface area contributed by atoms with Crippen molar-refractivity contribution in [1.82, 2.24) is 4.90 Å². The maximum absolute atomic E-state index is 12.0. The minimum absolute atomic E-state index is 0.148. The highest BCUT2D eigenvalue weighted by molar-refractivity contribution is 6.30. The minimum Gasteiger partial charge on any atom is -0.331 e. The summed E-state index contributed by atoms with van der Waals surface area (Å²) in [6, 6.07) is 14.7. The molecule has 108 valence electrons. The van der Waals surface area contributed by atoms with E-state index in [2.05, 4.69) is 6.58 Å². The molecule has 0 radical (unpaired) electrons. The van der Waals surface area contributed by atoms with E-state index in [0.29, 0.717) is 10.0 Å². The molecular weight excluding hydrogens is 305 g/mol. The van der Waals surface area contributed by atoms with Crippen LogP contribution in [0.5, 0.6) is 0 Å². The molecule has 2 aromatic carbocycles. The van der Waals surface area contributed by atoms with Crippen LogP contribution in [0.1, 0.15) is 17.2 Å². The maximum atomic E-state index is 12.0. The molecule has 21 heavy (non-hydrogen) atoms. The van der Waals surface area contributed by atoms with Crippen molar-refractivity contribution in [3.8, 4) is 0 Å². The Kier molecular flexibility index (Phi) is 5.05. The van der Waals surface area contributed by atoms with Crippen LogP contribution in [-0.4, -0.2) is 17.9 Å². The lowest BCUT2D eigenvalue weighted by molar-refractivity contribution is -0.126. The van der Waals surface area contributed by atoms with E-state index in [9.17, 15) is 4.79 Å². The number of halogens is 2. The number of likely N-dealkylation sites (N-methyl/N-ethyl adjacent to an activating group) is 1. The van der Waals surface area contributed by atoms with Gasteiger partial charge in [-0.1, -0.05) is 54.0 Å². The van der Waals surface area contributed by atoms with Crippen LogP contribution in [0, 0.1) is 0 Å². The molecule has 0 fully saturated rings. The lowest BCUT2D eigenvalue weighted by Crippen LogP contribution is -2.30. The second kappa shape index (κ2) is 6.79. The van der Waals surface area contributed by atoms with Gasteiger partial charge in [0.25, 0.3) is 0 Å². The number of hydrogen-bond acceptors (Lipinski definition) is 1. The predicted octanol–water partition coefficient (Wildman–Crippen LogP) is 4.73. The number of hydrogen-bond donors (Lipinski definition) is 0. The van der Waals surface area contributed by atoms with E-state index in [1.807, 2.05) is 48.5 Å². The van der Waals surface area contributed by atoms with Gasteiger partial charge in [-0.25, -0.2) is 0 Å². The quantitative estimate of drug-likeness (QED) is 0.746. The molecule has 1 amide bonds. The molecule has 0 N–H and O–H groups in total. The maximum Gasteiger partial charge on any atom is 0.246 e. The fraction of sp³-hybridized carbons (Fsp3) is 0.118. The molecule has 0 saturated carbocycles. The van der Waals surface area contributed by atoms with E-state index in [1.54, 1.807) is 11.9 Å². The van der Waals surface area contributed by atoms with Gasteiger partial charge in [0.15, 0.2) is 0 Å². The van der Waals surface area contributed by atoms with E-state index >= 15 is 0 Å². The average Bonchev–Trinajstić information content (AvgIpc) is 2.50. The van der Waals surface area contributed by atoms with Gasteiger partial charge in [-0.15, -0.1) is 0 Å². The molecule has 0 aromatic heterocycles. The topological polar surface area (TPSA) is 20.3 Å². The summed E-state index contributed by atoms with van der Waals surface area (Å²) in [5.74, 6) is -0.148. The van der Waals surface area contributed by atoms with E-state index in [4.69, 9.17) is 23.2 Å². The highest BCUT2D eigenvalue weighted by atomic mass is 35.5. The van der Waals surface area contributed by atoms with Gasteiger partial charge in [0.1, 0.15) is 0 Å². The fourth-order valence-corrected chi connectivity index (χ4v) is 2.45. The Morgan fingerprint density at radius 3 is 1.71 bits per heavy atom. The van der Waals surface area contributed by atoms with Crippen molar-refractivity contribution in [2.45, 2.75) is 6.04 Å².